The average molecular weight is 350 g/mol. The Morgan fingerprint density at radius 1 is 1.09 bits per heavy atom. The van der Waals surface area contributed by atoms with E-state index in [2.05, 4.69) is 0 Å². The molecule has 0 saturated heterocycles. The average Bonchev–Trinajstić information content (AvgIpc) is 3.09. The number of nitrogens with two attached hydrogens (primary N) is 1. The van der Waals surface area contributed by atoms with Crippen molar-refractivity contribution in [1.29, 1.82) is 0 Å². The third-order valence-corrected chi connectivity index (χ3v) is 4.15. The number of anilines is 1. The molecule has 23 heavy (non-hydrogen) atoms. The van der Waals surface area contributed by atoms with Gasteiger partial charge < -0.3 is 19.6 Å². The number of rotatable bonds is 2. The zero-order chi connectivity index (χ0) is 16.1. The molecule has 3 aromatic rings. The van der Waals surface area contributed by atoms with Gasteiger partial charge in [-0.3, -0.25) is 4.79 Å². The lowest BCUT2D eigenvalue weighted by molar-refractivity contribution is 0.101. The van der Waals surface area contributed by atoms with E-state index in [9.17, 15) is 4.79 Å². The zero-order valence-corrected chi connectivity index (χ0v) is 13.1. The number of nitrogen functional groups attached to an aromatic ring is 1. The number of benzene rings is 2. The van der Waals surface area contributed by atoms with Crippen molar-refractivity contribution in [3.05, 3.63) is 51.7 Å². The van der Waals surface area contributed by atoms with Gasteiger partial charge >= 0.3 is 0 Å². The Bertz CT molecular complexity index is 964. The maximum Gasteiger partial charge on any atom is 0.231 e. The van der Waals surface area contributed by atoms with Crippen molar-refractivity contribution in [2.45, 2.75) is 0 Å². The number of ketones is 1. The minimum Gasteiger partial charge on any atom is -0.454 e. The molecule has 116 valence electrons. The molecule has 7 heteroatoms. The second-order valence-corrected chi connectivity index (χ2v) is 5.84. The largest absolute Gasteiger partial charge is 0.454 e. The molecule has 0 saturated carbocycles. The van der Waals surface area contributed by atoms with Crippen LogP contribution in [-0.2, 0) is 0 Å². The molecule has 1 aliphatic rings. The third kappa shape index (κ3) is 2.20. The van der Waals surface area contributed by atoms with Crippen LogP contribution in [0.2, 0.25) is 10.0 Å². The van der Waals surface area contributed by atoms with Crippen LogP contribution in [0.5, 0.6) is 11.5 Å². The smallest absolute Gasteiger partial charge is 0.231 e. The van der Waals surface area contributed by atoms with Crippen molar-refractivity contribution in [2.75, 3.05) is 12.5 Å². The Labute approximate surface area is 140 Å². The molecular weight excluding hydrogens is 341 g/mol. The monoisotopic (exact) mass is 349 g/mol. The second-order valence-electron chi connectivity index (χ2n) is 5.00. The first kappa shape index (κ1) is 14.2. The molecular formula is C16H9Cl2NO4. The van der Waals surface area contributed by atoms with Crippen molar-refractivity contribution >= 4 is 45.6 Å². The number of fused-ring (bicyclic) bond motifs is 2. The summed E-state index contributed by atoms with van der Waals surface area (Å²) >= 11 is 11.9. The minimum atomic E-state index is -0.414. The molecule has 0 amide bonds. The van der Waals surface area contributed by atoms with Crippen molar-refractivity contribution in [3.8, 4) is 11.5 Å². The van der Waals surface area contributed by atoms with Crippen LogP contribution >= 0.6 is 23.2 Å². The van der Waals surface area contributed by atoms with Gasteiger partial charge in [-0.15, -0.1) is 0 Å². The summed E-state index contributed by atoms with van der Waals surface area (Å²) in [5.41, 5.74) is 7.01. The lowest BCUT2D eigenvalue weighted by Gasteiger charge is -2.02. The molecule has 0 radical (unpaired) electrons. The van der Waals surface area contributed by atoms with Gasteiger partial charge in [0.05, 0.1) is 10.7 Å². The van der Waals surface area contributed by atoms with E-state index in [1.165, 1.54) is 12.1 Å². The van der Waals surface area contributed by atoms with Gasteiger partial charge in [0.1, 0.15) is 5.58 Å². The van der Waals surface area contributed by atoms with E-state index in [4.69, 9.17) is 42.8 Å². The fraction of sp³-hybridized carbons (Fsp3) is 0.0625. The molecule has 2 N–H and O–H groups in total. The highest BCUT2D eigenvalue weighted by molar-refractivity contribution is 6.37. The van der Waals surface area contributed by atoms with Gasteiger partial charge in [-0.05, 0) is 24.3 Å². The lowest BCUT2D eigenvalue weighted by Crippen LogP contribution is -2.03. The maximum atomic E-state index is 12.7. The molecule has 5 nitrogen and oxygen atoms in total. The highest BCUT2D eigenvalue weighted by Crippen LogP contribution is 2.41. The molecule has 4 rings (SSSR count). The van der Waals surface area contributed by atoms with Gasteiger partial charge in [0.25, 0.3) is 0 Å². The standard InChI is InChI=1S/C16H9Cl2NO4/c17-7-1-2-8(10(18)3-7)15(20)16-14(19)9-4-12-13(22-6-21-12)5-11(9)23-16/h1-5H,6,19H2. The zero-order valence-electron chi connectivity index (χ0n) is 11.6. The van der Waals surface area contributed by atoms with E-state index in [1.807, 2.05) is 0 Å². The van der Waals surface area contributed by atoms with Crippen LogP contribution in [0.25, 0.3) is 11.0 Å². The molecule has 0 aliphatic carbocycles. The van der Waals surface area contributed by atoms with Gasteiger partial charge in [-0.2, -0.15) is 0 Å². The maximum absolute atomic E-state index is 12.7. The molecule has 2 heterocycles. The fourth-order valence-electron chi connectivity index (χ4n) is 2.47. The van der Waals surface area contributed by atoms with Crippen LogP contribution in [0.3, 0.4) is 0 Å². The number of carbonyl (C=O) groups is 1. The molecule has 0 atom stereocenters. The first-order chi connectivity index (χ1) is 11.0. The van der Waals surface area contributed by atoms with Gasteiger partial charge in [0.2, 0.25) is 12.6 Å². The van der Waals surface area contributed by atoms with Crippen molar-refractivity contribution < 1.29 is 18.7 Å². The highest BCUT2D eigenvalue weighted by atomic mass is 35.5. The summed E-state index contributed by atoms with van der Waals surface area (Å²) < 4.78 is 16.2. The van der Waals surface area contributed by atoms with E-state index in [0.29, 0.717) is 27.5 Å². The summed E-state index contributed by atoms with van der Waals surface area (Å²) in [6.45, 7) is 0.147. The van der Waals surface area contributed by atoms with E-state index >= 15 is 0 Å². The Morgan fingerprint density at radius 2 is 1.83 bits per heavy atom. The van der Waals surface area contributed by atoms with Crippen LogP contribution in [0.15, 0.2) is 34.7 Å². The van der Waals surface area contributed by atoms with Crippen LogP contribution < -0.4 is 15.2 Å². The Kier molecular flexibility index (Phi) is 3.14. The molecule has 1 aromatic heterocycles. The van der Waals surface area contributed by atoms with Gasteiger partial charge in [0, 0.05) is 22.0 Å². The summed E-state index contributed by atoms with van der Waals surface area (Å²) in [6, 6.07) is 7.94. The SMILES string of the molecule is Nc1c(C(=O)c2ccc(Cl)cc2Cl)oc2cc3c(cc12)OCO3. The fourth-order valence-corrected chi connectivity index (χ4v) is 2.96. The van der Waals surface area contributed by atoms with Crippen molar-refractivity contribution in [1.82, 2.24) is 0 Å². The van der Waals surface area contributed by atoms with E-state index in [0.717, 1.165) is 0 Å². The molecule has 0 bridgehead atoms. The Morgan fingerprint density at radius 3 is 2.57 bits per heavy atom. The minimum absolute atomic E-state index is 0.0212. The van der Waals surface area contributed by atoms with E-state index in [-0.39, 0.29) is 28.8 Å². The van der Waals surface area contributed by atoms with Crippen LogP contribution in [0, 0.1) is 0 Å². The summed E-state index contributed by atoms with van der Waals surface area (Å²) in [5.74, 6) is 0.721. The molecule has 0 fully saturated rings. The quantitative estimate of drug-likeness (QED) is 0.698. The van der Waals surface area contributed by atoms with Crippen LogP contribution in [0.1, 0.15) is 16.1 Å². The summed E-state index contributed by atoms with van der Waals surface area (Å²) in [7, 11) is 0. The topological polar surface area (TPSA) is 74.7 Å². The third-order valence-electron chi connectivity index (χ3n) is 3.60. The predicted molar refractivity (Wildman–Crippen MR) is 86.6 cm³/mol. The first-order valence-corrected chi connectivity index (χ1v) is 7.41. The lowest BCUT2D eigenvalue weighted by atomic mass is 10.1. The predicted octanol–water partition coefficient (Wildman–Crippen LogP) is 4.28. The number of carbonyl (C=O) groups excluding carboxylic acids is 1. The molecule has 0 spiro atoms. The van der Waals surface area contributed by atoms with E-state index in [1.54, 1.807) is 18.2 Å². The van der Waals surface area contributed by atoms with E-state index < -0.39 is 5.78 Å². The number of ether oxygens (including phenoxy) is 2. The summed E-state index contributed by atoms with van der Waals surface area (Å²) in [6.07, 6.45) is 0. The second kappa shape index (κ2) is 5.08. The van der Waals surface area contributed by atoms with Crippen LogP contribution in [-0.4, -0.2) is 12.6 Å². The summed E-state index contributed by atoms with van der Waals surface area (Å²) in [4.78, 5) is 12.7. The summed E-state index contributed by atoms with van der Waals surface area (Å²) in [5, 5.41) is 1.26. The number of hydrogen-bond acceptors (Lipinski definition) is 5. The molecule has 2 aromatic carbocycles. The molecule has 0 unspecified atom stereocenters. The number of furan rings is 1. The van der Waals surface area contributed by atoms with Crippen molar-refractivity contribution in [2.24, 2.45) is 0 Å². The Balaban J connectivity index is 1.85. The molecule has 1 aliphatic heterocycles. The van der Waals surface area contributed by atoms with Gasteiger partial charge in [-0.1, -0.05) is 23.2 Å². The van der Waals surface area contributed by atoms with Gasteiger partial charge in [0.15, 0.2) is 17.3 Å². The normalized spacial score (nSPS) is 12.8. The first-order valence-electron chi connectivity index (χ1n) is 6.66. The number of hydrogen-bond donors (Lipinski definition) is 1. The van der Waals surface area contributed by atoms with Crippen LogP contribution in [0.4, 0.5) is 5.69 Å². The van der Waals surface area contributed by atoms with Gasteiger partial charge in [-0.25, -0.2) is 0 Å². The highest BCUT2D eigenvalue weighted by Gasteiger charge is 2.25. The Hall–Kier alpha value is -2.37. The van der Waals surface area contributed by atoms with Crippen molar-refractivity contribution in [3.63, 3.8) is 0 Å². The number of halogens is 2.